The van der Waals surface area contributed by atoms with E-state index in [1.807, 2.05) is 0 Å². The minimum Gasteiger partial charge on any atom is -0.463 e. The molecule has 94 valence electrons. The van der Waals surface area contributed by atoms with Gasteiger partial charge in [-0.25, -0.2) is 0 Å². The number of ether oxygens (including phenoxy) is 3. The van der Waals surface area contributed by atoms with Crippen LogP contribution in [0.5, 0.6) is 0 Å². The summed E-state index contributed by atoms with van der Waals surface area (Å²) < 4.78 is 15.1. The molecule has 2 N–H and O–H groups in total. The fraction of sp³-hybridized carbons (Fsp3) is 0.900. The molecule has 0 saturated carbocycles. The number of hydrogen-bond acceptors (Lipinski definition) is 6. The van der Waals surface area contributed by atoms with E-state index in [0.717, 1.165) is 0 Å². The van der Waals surface area contributed by atoms with Crippen molar-refractivity contribution in [2.45, 2.75) is 51.5 Å². The topological polar surface area (TPSA) is 85.2 Å². The lowest BCUT2D eigenvalue weighted by Crippen LogP contribution is -2.38. The molecule has 1 aliphatic heterocycles. The van der Waals surface area contributed by atoms with Gasteiger partial charge in [-0.3, -0.25) is 4.79 Å². The Balaban J connectivity index is 2.49. The van der Waals surface area contributed by atoms with Gasteiger partial charge in [0.05, 0.1) is 6.10 Å². The summed E-state index contributed by atoms with van der Waals surface area (Å²) >= 11 is 0. The van der Waals surface area contributed by atoms with Crippen molar-refractivity contribution in [1.29, 1.82) is 0 Å². The summed E-state index contributed by atoms with van der Waals surface area (Å²) in [5, 5.41) is 19.3. The minimum atomic E-state index is -1.20. The van der Waals surface area contributed by atoms with Crippen LogP contribution in [-0.2, 0) is 19.0 Å². The van der Waals surface area contributed by atoms with Crippen molar-refractivity contribution in [2.75, 3.05) is 6.61 Å². The van der Waals surface area contributed by atoms with E-state index in [-0.39, 0.29) is 12.7 Å². The Hall–Kier alpha value is -0.690. The van der Waals surface area contributed by atoms with Crippen LogP contribution in [0.2, 0.25) is 0 Å². The first kappa shape index (κ1) is 13.4. The maximum atomic E-state index is 10.6. The van der Waals surface area contributed by atoms with Crippen molar-refractivity contribution in [3.63, 3.8) is 0 Å². The van der Waals surface area contributed by atoms with Gasteiger partial charge in [0.15, 0.2) is 6.29 Å². The molecule has 1 saturated heterocycles. The molecule has 0 unspecified atom stereocenters. The molecular weight excluding hydrogens is 216 g/mol. The summed E-state index contributed by atoms with van der Waals surface area (Å²) in [6.45, 7) is 4.75. The first-order chi connectivity index (χ1) is 7.41. The Kier molecular flexibility index (Phi) is 4.67. The van der Waals surface area contributed by atoms with Crippen LogP contribution < -0.4 is 0 Å². The van der Waals surface area contributed by atoms with Crippen molar-refractivity contribution in [2.24, 2.45) is 0 Å². The molecule has 16 heavy (non-hydrogen) atoms. The van der Waals surface area contributed by atoms with Gasteiger partial charge in [0.1, 0.15) is 24.9 Å². The average molecular weight is 234 g/mol. The van der Waals surface area contributed by atoms with Crippen molar-refractivity contribution in [3.05, 3.63) is 0 Å². The molecule has 1 fully saturated rings. The van der Waals surface area contributed by atoms with Crippen molar-refractivity contribution in [3.8, 4) is 0 Å². The summed E-state index contributed by atoms with van der Waals surface area (Å²) in [5.41, 5.74) is 0. The van der Waals surface area contributed by atoms with Crippen molar-refractivity contribution in [1.82, 2.24) is 0 Å². The summed E-state index contributed by atoms with van der Waals surface area (Å²) in [4.78, 5) is 10.6. The maximum Gasteiger partial charge on any atom is 0.302 e. The molecule has 0 aliphatic carbocycles. The molecule has 0 amide bonds. The quantitative estimate of drug-likeness (QED) is 0.633. The molecule has 0 bridgehead atoms. The largest absolute Gasteiger partial charge is 0.463 e. The van der Waals surface area contributed by atoms with Crippen LogP contribution in [0.4, 0.5) is 0 Å². The van der Waals surface area contributed by atoms with Crippen LogP contribution in [0, 0.1) is 0 Å². The normalized spacial score (nSPS) is 34.4. The molecule has 0 aromatic rings. The summed E-state index contributed by atoms with van der Waals surface area (Å²) in [6, 6.07) is 0. The number of carbonyl (C=O) groups excluding carboxylic acids is 1. The fourth-order valence-corrected chi connectivity index (χ4v) is 1.52. The van der Waals surface area contributed by atoms with E-state index in [1.54, 1.807) is 13.8 Å². The number of esters is 1. The Bertz CT molecular complexity index is 241. The number of hydrogen-bond donors (Lipinski definition) is 2. The van der Waals surface area contributed by atoms with E-state index in [0.29, 0.717) is 0 Å². The van der Waals surface area contributed by atoms with Gasteiger partial charge in [0, 0.05) is 6.92 Å². The SMILES string of the molecule is CC(=O)OC[C@H]1O[C@H](O)[C@H](OC(C)C)[C@H]1O. The maximum absolute atomic E-state index is 10.6. The van der Waals surface area contributed by atoms with Gasteiger partial charge < -0.3 is 24.4 Å². The van der Waals surface area contributed by atoms with Crippen LogP contribution in [-0.4, -0.2) is 53.5 Å². The molecule has 0 aromatic carbocycles. The van der Waals surface area contributed by atoms with Gasteiger partial charge in [-0.05, 0) is 13.8 Å². The lowest BCUT2D eigenvalue weighted by molar-refractivity contribution is -0.163. The number of carbonyl (C=O) groups is 1. The molecule has 6 nitrogen and oxygen atoms in total. The van der Waals surface area contributed by atoms with E-state index < -0.39 is 30.6 Å². The third-order valence-electron chi connectivity index (χ3n) is 2.19. The van der Waals surface area contributed by atoms with E-state index >= 15 is 0 Å². The average Bonchev–Trinajstić information content (AvgIpc) is 2.42. The lowest BCUT2D eigenvalue weighted by Gasteiger charge is -2.20. The summed E-state index contributed by atoms with van der Waals surface area (Å²) in [5.74, 6) is -0.460. The van der Waals surface area contributed by atoms with E-state index in [4.69, 9.17) is 14.2 Å². The highest BCUT2D eigenvalue weighted by molar-refractivity contribution is 5.65. The van der Waals surface area contributed by atoms with Gasteiger partial charge in [0.2, 0.25) is 0 Å². The van der Waals surface area contributed by atoms with Crippen LogP contribution in [0.1, 0.15) is 20.8 Å². The zero-order valence-corrected chi connectivity index (χ0v) is 9.62. The van der Waals surface area contributed by atoms with Crippen LogP contribution in [0.15, 0.2) is 0 Å². The second kappa shape index (κ2) is 5.58. The molecule has 1 rings (SSSR count). The second-order valence-corrected chi connectivity index (χ2v) is 4.01. The van der Waals surface area contributed by atoms with Crippen molar-refractivity contribution < 1.29 is 29.2 Å². The summed E-state index contributed by atoms with van der Waals surface area (Å²) in [7, 11) is 0. The Morgan fingerprint density at radius 1 is 1.44 bits per heavy atom. The van der Waals surface area contributed by atoms with Crippen LogP contribution in [0.25, 0.3) is 0 Å². The molecule has 1 heterocycles. The van der Waals surface area contributed by atoms with Gasteiger partial charge >= 0.3 is 5.97 Å². The number of rotatable bonds is 4. The molecule has 6 heteroatoms. The zero-order valence-electron chi connectivity index (χ0n) is 9.62. The van der Waals surface area contributed by atoms with Gasteiger partial charge in [0.25, 0.3) is 0 Å². The molecule has 1 aliphatic rings. The predicted molar refractivity (Wildman–Crippen MR) is 53.5 cm³/mol. The summed E-state index contributed by atoms with van der Waals surface area (Å²) in [6.07, 6.45) is -3.89. The van der Waals surface area contributed by atoms with Crippen molar-refractivity contribution >= 4 is 5.97 Å². The van der Waals surface area contributed by atoms with Crippen LogP contribution in [0.3, 0.4) is 0 Å². The van der Waals surface area contributed by atoms with Gasteiger partial charge in [-0.15, -0.1) is 0 Å². The fourth-order valence-electron chi connectivity index (χ4n) is 1.52. The monoisotopic (exact) mass is 234 g/mol. The van der Waals surface area contributed by atoms with E-state index in [9.17, 15) is 15.0 Å². The highest BCUT2D eigenvalue weighted by atomic mass is 16.7. The van der Waals surface area contributed by atoms with Gasteiger partial charge in [-0.2, -0.15) is 0 Å². The molecular formula is C10H18O6. The second-order valence-electron chi connectivity index (χ2n) is 4.01. The first-order valence-electron chi connectivity index (χ1n) is 5.22. The minimum absolute atomic E-state index is 0.0918. The molecule has 0 aromatic heterocycles. The highest BCUT2D eigenvalue weighted by Gasteiger charge is 2.44. The zero-order chi connectivity index (χ0) is 12.3. The number of aliphatic hydroxyl groups excluding tert-OH is 2. The van der Waals surface area contributed by atoms with Gasteiger partial charge in [-0.1, -0.05) is 0 Å². The number of aliphatic hydroxyl groups is 2. The molecule has 0 radical (unpaired) electrons. The third-order valence-corrected chi connectivity index (χ3v) is 2.19. The van der Waals surface area contributed by atoms with E-state index in [2.05, 4.69) is 0 Å². The Morgan fingerprint density at radius 3 is 2.56 bits per heavy atom. The van der Waals surface area contributed by atoms with E-state index in [1.165, 1.54) is 6.92 Å². The molecule has 0 spiro atoms. The lowest BCUT2D eigenvalue weighted by atomic mass is 10.1. The predicted octanol–water partition coefficient (Wildman–Crippen LogP) is -0.579. The molecule has 4 atom stereocenters. The van der Waals surface area contributed by atoms with Crippen LogP contribution >= 0.6 is 0 Å². The highest BCUT2D eigenvalue weighted by Crippen LogP contribution is 2.23. The smallest absolute Gasteiger partial charge is 0.302 e. The third kappa shape index (κ3) is 3.41. The Labute approximate surface area is 94.1 Å². The standard InChI is InChI=1S/C10H18O6/c1-5(2)15-9-8(12)7(16-10(9)13)4-14-6(3)11/h5,7-10,12-13H,4H2,1-3H3/t7-,8+,9-,10+/m1/s1. The Morgan fingerprint density at radius 2 is 2.06 bits per heavy atom. The first-order valence-corrected chi connectivity index (χ1v) is 5.22.